The lowest BCUT2D eigenvalue weighted by molar-refractivity contribution is -0.127. The van der Waals surface area contributed by atoms with Crippen molar-refractivity contribution < 1.29 is 14.3 Å². The number of carbonyl (C=O) groups excluding carboxylic acids is 1. The molecule has 102 valence electrons. The molecule has 1 aromatic carbocycles. The Hall–Kier alpha value is -1.68. The van der Waals surface area contributed by atoms with Gasteiger partial charge in [-0.3, -0.25) is 4.79 Å². The number of rotatable bonds is 5. The number of aliphatic hydroxyl groups excluding tert-OH is 1. The molecule has 1 saturated carbocycles. The maximum Gasteiger partial charge on any atom is 0.247 e. The fourth-order valence-corrected chi connectivity index (χ4v) is 2.05. The van der Waals surface area contributed by atoms with Crippen molar-refractivity contribution >= 4 is 11.5 Å². The lowest BCUT2D eigenvalue weighted by Gasteiger charge is -2.19. The number of hydrogen-bond donors (Lipinski definition) is 1. The first-order valence-corrected chi connectivity index (χ1v) is 6.47. The summed E-state index contributed by atoms with van der Waals surface area (Å²) >= 11 is 0. The van der Waals surface area contributed by atoms with Crippen LogP contribution in [0.15, 0.2) is 30.3 Å². The summed E-state index contributed by atoms with van der Waals surface area (Å²) < 4.78 is 13.1. The number of amides is 1. The van der Waals surface area contributed by atoms with Crippen molar-refractivity contribution in [3.05, 3.63) is 41.7 Å². The number of halogens is 1. The smallest absolute Gasteiger partial charge is 0.247 e. The van der Waals surface area contributed by atoms with Crippen LogP contribution < -0.4 is 0 Å². The largest absolute Gasteiger partial charge is 0.395 e. The standard InChI is InChI=1S/C15H18FNO2/c1-11(12-3-2-4-13(16)10-12)9-15(19)17(7-8-18)14-5-6-14/h2-4,9-10,14,18H,5-8H2,1H3/b11-9-. The number of allylic oxidation sites excluding steroid dienone is 1. The SMILES string of the molecule is C/C(=C/C(=O)N(CCO)C1CC1)c1cccc(F)c1. The first-order chi connectivity index (χ1) is 9.11. The predicted octanol–water partition coefficient (Wildman–Crippen LogP) is 2.21. The fraction of sp³-hybridized carbons (Fsp3) is 0.400. The maximum absolute atomic E-state index is 13.1. The van der Waals surface area contributed by atoms with E-state index in [0.29, 0.717) is 12.1 Å². The van der Waals surface area contributed by atoms with Gasteiger partial charge in [-0.15, -0.1) is 0 Å². The maximum atomic E-state index is 13.1. The Labute approximate surface area is 112 Å². The van der Waals surface area contributed by atoms with E-state index in [1.807, 2.05) is 0 Å². The summed E-state index contributed by atoms with van der Waals surface area (Å²) in [7, 11) is 0. The number of aliphatic hydroxyl groups is 1. The van der Waals surface area contributed by atoms with Crippen LogP contribution in [0.5, 0.6) is 0 Å². The molecule has 0 unspecified atom stereocenters. The van der Waals surface area contributed by atoms with Gasteiger partial charge in [0.05, 0.1) is 6.61 Å². The quantitative estimate of drug-likeness (QED) is 0.827. The molecule has 3 nitrogen and oxygen atoms in total. The Morgan fingerprint density at radius 2 is 2.26 bits per heavy atom. The molecule has 4 heteroatoms. The van der Waals surface area contributed by atoms with Crippen molar-refractivity contribution in [2.75, 3.05) is 13.2 Å². The van der Waals surface area contributed by atoms with Crippen LogP contribution in [0, 0.1) is 5.82 Å². The molecule has 2 rings (SSSR count). The van der Waals surface area contributed by atoms with Gasteiger partial charge in [-0.1, -0.05) is 12.1 Å². The van der Waals surface area contributed by atoms with Gasteiger partial charge in [-0.25, -0.2) is 4.39 Å². The molecule has 0 radical (unpaired) electrons. The van der Waals surface area contributed by atoms with Crippen molar-refractivity contribution in [1.29, 1.82) is 0 Å². The van der Waals surface area contributed by atoms with Crippen LogP contribution >= 0.6 is 0 Å². The van der Waals surface area contributed by atoms with E-state index in [9.17, 15) is 9.18 Å². The van der Waals surface area contributed by atoms with Gasteiger partial charge in [0.25, 0.3) is 0 Å². The Balaban J connectivity index is 2.12. The van der Waals surface area contributed by atoms with Gasteiger partial charge >= 0.3 is 0 Å². The molecule has 0 atom stereocenters. The molecule has 0 spiro atoms. The Kier molecular flexibility index (Phi) is 4.32. The Bertz CT molecular complexity index is 495. The van der Waals surface area contributed by atoms with Crippen LogP contribution in [0.25, 0.3) is 5.57 Å². The molecule has 1 amide bonds. The van der Waals surface area contributed by atoms with E-state index in [1.54, 1.807) is 24.0 Å². The third-order valence-electron chi connectivity index (χ3n) is 3.23. The normalized spacial score (nSPS) is 15.4. The zero-order valence-electron chi connectivity index (χ0n) is 11.0. The summed E-state index contributed by atoms with van der Waals surface area (Å²) in [5, 5.41) is 8.99. The van der Waals surface area contributed by atoms with Gasteiger partial charge in [-0.2, -0.15) is 0 Å². The minimum atomic E-state index is -0.313. The molecular weight excluding hydrogens is 245 g/mol. The molecule has 0 bridgehead atoms. The van der Waals surface area contributed by atoms with Crippen LogP contribution in [0.1, 0.15) is 25.3 Å². The summed E-state index contributed by atoms with van der Waals surface area (Å²) in [5.41, 5.74) is 1.43. The highest BCUT2D eigenvalue weighted by molar-refractivity contribution is 5.95. The van der Waals surface area contributed by atoms with Crippen LogP contribution in [-0.2, 0) is 4.79 Å². The molecular formula is C15H18FNO2. The topological polar surface area (TPSA) is 40.5 Å². The summed E-state index contributed by atoms with van der Waals surface area (Å²) in [6.07, 6.45) is 3.51. The van der Waals surface area contributed by atoms with Crippen LogP contribution in [0.4, 0.5) is 4.39 Å². The second-order valence-electron chi connectivity index (χ2n) is 4.82. The lowest BCUT2D eigenvalue weighted by Crippen LogP contribution is -2.34. The van der Waals surface area contributed by atoms with Crippen molar-refractivity contribution in [3.63, 3.8) is 0 Å². The molecule has 1 aliphatic rings. The van der Waals surface area contributed by atoms with Crippen molar-refractivity contribution in [2.45, 2.75) is 25.8 Å². The van der Waals surface area contributed by atoms with E-state index in [4.69, 9.17) is 5.11 Å². The molecule has 0 aromatic heterocycles. The van der Waals surface area contributed by atoms with E-state index in [2.05, 4.69) is 0 Å². The van der Waals surface area contributed by atoms with E-state index in [1.165, 1.54) is 18.2 Å². The molecule has 1 aromatic rings. The molecule has 1 aliphatic carbocycles. The number of carbonyl (C=O) groups is 1. The van der Waals surface area contributed by atoms with Crippen molar-refractivity contribution in [1.82, 2.24) is 4.90 Å². The van der Waals surface area contributed by atoms with Crippen molar-refractivity contribution in [3.8, 4) is 0 Å². The van der Waals surface area contributed by atoms with Gasteiger partial charge in [0, 0.05) is 18.7 Å². The summed E-state index contributed by atoms with van der Waals surface area (Å²) in [6.45, 7) is 2.11. The number of hydrogen-bond acceptors (Lipinski definition) is 2. The molecule has 1 fully saturated rings. The average molecular weight is 263 g/mol. The monoisotopic (exact) mass is 263 g/mol. The third kappa shape index (κ3) is 3.64. The van der Waals surface area contributed by atoms with Gasteiger partial charge in [0.1, 0.15) is 5.82 Å². The zero-order valence-corrected chi connectivity index (χ0v) is 11.0. The van der Waals surface area contributed by atoms with E-state index < -0.39 is 0 Å². The average Bonchev–Trinajstić information content (AvgIpc) is 3.20. The minimum absolute atomic E-state index is 0.0326. The van der Waals surface area contributed by atoms with Crippen LogP contribution in [0.3, 0.4) is 0 Å². The second-order valence-corrected chi connectivity index (χ2v) is 4.82. The van der Waals surface area contributed by atoms with E-state index >= 15 is 0 Å². The zero-order chi connectivity index (χ0) is 13.8. The Morgan fingerprint density at radius 3 is 2.84 bits per heavy atom. The highest BCUT2D eigenvalue weighted by Crippen LogP contribution is 2.27. The predicted molar refractivity (Wildman–Crippen MR) is 71.9 cm³/mol. The number of benzene rings is 1. The Morgan fingerprint density at radius 1 is 1.53 bits per heavy atom. The molecule has 0 heterocycles. The highest BCUT2D eigenvalue weighted by atomic mass is 19.1. The fourth-order valence-electron chi connectivity index (χ4n) is 2.05. The van der Waals surface area contributed by atoms with Crippen LogP contribution in [0.2, 0.25) is 0 Å². The van der Waals surface area contributed by atoms with Gasteiger partial charge in [-0.05, 0) is 43.0 Å². The van der Waals surface area contributed by atoms with E-state index in [-0.39, 0.29) is 24.4 Å². The summed E-state index contributed by atoms with van der Waals surface area (Å²) in [6, 6.07) is 6.44. The molecule has 0 saturated heterocycles. The minimum Gasteiger partial charge on any atom is -0.395 e. The lowest BCUT2D eigenvalue weighted by atomic mass is 10.1. The molecule has 19 heavy (non-hydrogen) atoms. The van der Waals surface area contributed by atoms with Crippen LogP contribution in [-0.4, -0.2) is 35.1 Å². The van der Waals surface area contributed by atoms with Gasteiger partial charge in [0.15, 0.2) is 0 Å². The summed E-state index contributed by atoms with van der Waals surface area (Å²) in [4.78, 5) is 13.8. The van der Waals surface area contributed by atoms with Crippen molar-refractivity contribution in [2.24, 2.45) is 0 Å². The van der Waals surface area contributed by atoms with Gasteiger partial charge < -0.3 is 10.0 Å². The van der Waals surface area contributed by atoms with E-state index in [0.717, 1.165) is 18.4 Å². The van der Waals surface area contributed by atoms with Gasteiger partial charge in [0.2, 0.25) is 5.91 Å². The molecule has 0 aliphatic heterocycles. The third-order valence-corrected chi connectivity index (χ3v) is 3.23. The first-order valence-electron chi connectivity index (χ1n) is 6.47. The number of nitrogens with zero attached hydrogens (tertiary/aromatic N) is 1. The first kappa shape index (κ1) is 13.7. The summed E-state index contributed by atoms with van der Waals surface area (Å²) in [5.74, 6) is -0.426. The molecule has 1 N–H and O–H groups in total. The highest BCUT2D eigenvalue weighted by Gasteiger charge is 2.31. The second kappa shape index (κ2) is 5.97.